The van der Waals surface area contributed by atoms with Crippen LogP contribution in [0.1, 0.15) is 11.1 Å². The smallest absolute Gasteiger partial charge is 0.269 e. The second-order valence-electron chi connectivity index (χ2n) is 7.47. The van der Waals surface area contributed by atoms with E-state index in [2.05, 4.69) is 5.32 Å². The van der Waals surface area contributed by atoms with E-state index in [0.717, 1.165) is 11.8 Å². The number of carbonyl (C=O) groups is 1. The van der Waals surface area contributed by atoms with E-state index in [-0.39, 0.29) is 22.2 Å². The van der Waals surface area contributed by atoms with Gasteiger partial charge < -0.3 is 14.8 Å². The maximum atomic E-state index is 13.3. The minimum atomic E-state index is -3.78. The quantitative estimate of drug-likeness (QED) is 0.275. The van der Waals surface area contributed by atoms with E-state index < -0.39 is 14.8 Å². The van der Waals surface area contributed by atoms with Crippen LogP contribution in [0.15, 0.2) is 75.4 Å². The lowest BCUT2D eigenvalue weighted by molar-refractivity contribution is -0.384. The van der Waals surface area contributed by atoms with Gasteiger partial charge in [0.1, 0.15) is 11.5 Å². The number of anilines is 1. The number of nitrogens with one attached hydrogen (secondary N) is 1. The number of benzene rings is 3. The summed E-state index contributed by atoms with van der Waals surface area (Å²) in [4.78, 5) is 23.9. The van der Waals surface area contributed by atoms with Crippen molar-refractivity contribution in [2.24, 2.45) is 0 Å². The Kier molecular flexibility index (Phi) is 6.81. The molecule has 1 heterocycles. The van der Waals surface area contributed by atoms with Gasteiger partial charge in [-0.25, -0.2) is 8.42 Å². The van der Waals surface area contributed by atoms with Crippen LogP contribution in [0.4, 0.5) is 11.4 Å². The Morgan fingerprint density at radius 2 is 1.69 bits per heavy atom. The van der Waals surface area contributed by atoms with Crippen molar-refractivity contribution in [1.29, 1.82) is 0 Å². The van der Waals surface area contributed by atoms with Crippen LogP contribution in [0, 0.1) is 10.1 Å². The van der Waals surface area contributed by atoms with Crippen molar-refractivity contribution in [1.82, 2.24) is 0 Å². The third kappa shape index (κ3) is 5.15. The van der Waals surface area contributed by atoms with Crippen molar-refractivity contribution in [3.8, 4) is 11.5 Å². The molecule has 3 aromatic rings. The number of nitrogens with zero attached hydrogens (tertiary/aromatic N) is 1. The zero-order valence-electron chi connectivity index (χ0n) is 18.7. The minimum absolute atomic E-state index is 0.0558. The number of sulfone groups is 1. The number of amides is 1. The average Bonchev–Trinajstić information content (AvgIpc) is 2.84. The third-order valence-corrected chi connectivity index (χ3v) is 7.99. The van der Waals surface area contributed by atoms with Gasteiger partial charge in [-0.3, -0.25) is 14.9 Å². The molecule has 0 unspecified atom stereocenters. The summed E-state index contributed by atoms with van der Waals surface area (Å²) in [5.74, 6) is 0.124. The highest BCUT2D eigenvalue weighted by molar-refractivity contribution is 8.04. The van der Waals surface area contributed by atoms with Gasteiger partial charge in [0.25, 0.3) is 11.6 Å². The molecule has 1 aliphatic rings. The standard InChI is InChI=1S/C24H20N2O7S2/c1-32-20-4-3-5-21(33-2)18(20)14-35(30,31)17-10-11-19-22(13-17)34-23(24(27)25-19)12-15-6-8-16(9-7-15)26(28)29/h3-13H,14H2,1-2H3,(H,25,27)/b23-12+. The van der Waals surface area contributed by atoms with Crippen molar-refractivity contribution >= 4 is 45.0 Å². The first kappa shape index (κ1) is 24.3. The van der Waals surface area contributed by atoms with Gasteiger partial charge in [0.15, 0.2) is 9.84 Å². The fourth-order valence-corrected chi connectivity index (χ4v) is 5.98. The first-order valence-electron chi connectivity index (χ1n) is 10.2. The van der Waals surface area contributed by atoms with E-state index in [1.54, 1.807) is 30.3 Å². The molecule has 0 saturated carbocycles. The summed E-state index contributed by atoms with van der Waals surface area (Å²) in [6, 6.07) is 15.3. The molecule has 1 aliphatic heterocycles. The highest BCUT2D eigenvalue weighted by atomic mass is 32.2. The monoisotopic (exact) mass is 512 g/mol. The van der Waals surface area contributed by atoms with Gasteiger partial charge in [0, 0.05) is 17.0 Å². The third-order valence-electron chi connectivity index (χ3n) is 5.27. The molecule has 0 atom stereocenters. The summed E-state index contributed by atoms with van der Waals surface area (Å²) in [7, 11) is -0.864. The second kappa shape index (κ2) is 9.80. The van der Waals surface area contributed by atoms with E-state index in [4.69, 9.17) is 9.47 Å². The zero-order valence-corrected chi connectivity index (χ0v) is 20.3. The molecule has 3 aromatic carbocycles. The molecule has 0 fully saturated rings. The molecule has 1 amide bonds. The van der Waals surface area contributed by atoms with Gasteiger partial charge in [-0.1, -0.05) is 17.8 Å². The van der Waals surface area contributed by atoms with Crippen molar-refractivity contribution in [2.45, 2.75) is 15.5 Å². The molecule has 1 N–H and O–H groups in total. The molecule has 0 spiro atoms. The number of hydrogen-bond acceptors (Lipinski definition) is 8. The SMILES string of the molecule is COc1cccc(OC)c1CS(=O)(=O)c1ccc2c(c1)S/C(=C/c1ccc([N+](=O)[O-])cc1)C(=O)N2. The van der Waals surface area contributed by atoms with E-state index >= 15 is 0 Å². The average molecular weight is 513 g/mol. The second-order valence-corrected chi connectivity index (χ2v) is 10.5. The molecule has 0 aromatic heterocycles. The number of nitro groups is 1. The fraction of sp³-hybridized carbons (Fsp3) is 0.125. The number of fused-ring (bicyclic) bond motifs is 1. The molecule has 0 radical (unpaired) electrons. The molecule has 0 aliphatic carbocycles. The molecule has 0 saturated heterocycles. The summed E-state index contributed by atoms with van der Waals surface area (Å²) in [5.41, 5.74) is 1.45. The maximum Gasteiger partial charge on any atom is 0.269 e. The minimum Gasteiger partial charge on any atom is -0.496 e. The van der Waals surface area contributed by atoms with Crippen molar-refractivity contribution in [2.75, 3.05) is 19.5 Å². The van der Waals surface area contributed by atoms with Crippen molar-refractivity contribution < 1.29 is 27.6 Å². The number of methoxy groups -OCH3 is 2. The van der Waals surface area contributed by atoms with Crippen LogP contribution in [0.2, 0.25) is 0 Å². The number of rotatable bonds is 7. The van der Waals surface area contributed by atoms with Crippen LogP contribution >= 0.6 is 11.8 Å². The molecular formula is C24H20N2O7S2. The number of ether oxygens (including phenoxy) is 2. The molecule has 35 heavy (non-hydrogen) atoms. The summed E-state index contributed by atoms with van der Waals surface area (Å²) >= 11 is 1.12. The predicted molar refractivity (Wildman–Crippen MR) is 132 cm³/mol. The summed E-state index contributed by atoms with van der Waals surface area (Å²) in [6.45, 7) is 0. The van der Waals surface area contributed by atoms with Crippen LogP contribution in [0.25, 0.3) is 6.08 Å². The van der Waals surface area contributed by atoms with E-state index in [1.165, 1.54) is 50.6 Å². The van der Waals surface area contributed by atoms with Crippen LogP contribution in [0.5, 0.6) is 11.5 Å². The molecule has 9 nitrogen and oxygen atoms in total. The van der Waals surface area contributed by atoms with Crippen LogP contribution in [-0.4, -0.2) is 33.5 Å². The predicted octanol–water partition coefficient (Wildman–Crippen LogP) is 4.67. The van der Waals surface area contributed by atoms with E-state index in [9.17, 15) is 23.3 Å². The maximum absolute atomic E-state index is 13.3. The van der Waals surface area contributed by atoms with Gasteiger partial charge in [0.2, 0.25) is 0 Å². The zero-order chi connectivity index (χ0) is 25.2. The van der Waals surface area contributed by atoms with Gasteiger partial charge >= 0.3 is 0 Å². The number of hydrogen-bond donors (Lipinski definition) is 1. The highest BCUT2D eigenvalue weighted by Gasteiger charge is 2.26. The van der Waals surface area contributed by atoms with Gasteiger partial charge in [-0.15, -0.1) is 0 Å². The van der Waals surface area contributed by atoms with Gasteiger partial charge in [-0.2, -0.15) is 0 Å². The summed E-state index contributed by atoms with van der Waals surface area (Å²) in [5, 5.41) is 13.6. The Morgan fingerprint density at radius 3 is 2.29 bits per heavy atom. The first-order valence-corrected chi connectivity index (χ1v) is 12.7. The molecule has 11 heteroatoms. The normalized spacial score (nSPS) is 14.2. The largest absolute Gasteiger partial charge is 0.496 e. The number of nitro benzene ring substituents is 1. The fourth-order valence-electron chi connectivity index (χ4n) is 3.51. The van der Waals surface area contributed by atoms with Crippen LogP contribution in [-0.2, 0) is 20.4 Å². The van der Waals surface area contributed by atoms with E-state index in [1.807, 2.05) is 0 Å². The Hall–Kier alpha value is -3.83. The highest BCUT2D eigenvalue weighted by Crippen LogP contribution is 2.41. The first-order chi connectivity index (χ1) is 16.7. The topological polar surface area (TPSA) is 125 Å². The van der Waals surface area contributed by atoms with Gasteiger partial charge in [0.05, 0.1) is 45.9 Å². The van der Waals surface area contributed by atoms with Crippen molar-refractivity contribution in [3.05, 3.63) is 86.8 Å². The number of carbonyl (C=O) groups excluding carboxylic acids is 1. The Balaban J connectivity index is 1.64. The Bertz CT molecular complexity index is 1430. The van der Waals surface area contributed by atoms with E-state index in [0.29, 0.717) is 38.1 Å². The molecule has 180 valence electrons. The molecule has 0 bridgehead atoms. The lowest BCUT2D eigenvalue weighted by Gasteiger charge is -2.20. The number of thioether (sulfide) groups is 1. The van der Waals surface area contributed by atoms with Crippen LogP contribution in [0.3, 0.4) is 0 Å². The lowest BCUT2D eigenvalue weighted by atomic mass is 10.2. The van der Waals surface area contributed by atoms with Crippen LogP contribution < -0.4 is 14.8 Å². The Morgan fingerprint density at radius 1 is 1.03 bits per heavy atom. The summed E-state index contributed by atoms with van der Waals surface area (Å²) < 4.78 is 37.2. The lowest BCUT2D eigenvalue weighted by Crippen LogP contribution is -2.17. The Labute approximate surface area is 205 Å². The molecular weight excluding hydrogens is 492 g/mol. The number of non-ortho nitro benzene ring substituents is 1. The van der Waals surface area contributed by atoms with Crippen molar-refractivity contribution in [3.63, 3.8) is 0 Å². The van der Waals surface area contributed by atoms with Gasteiger partial charge in [-0.05, 0) is 54.1 Å². The molecule has 4 rings (SSSR count). The summed E-state index contributed by atoms with van der Waals surface area (Å²) in [6.07, 6.45) is 1.59.